The summed E-state index contributed by atoms with van der Waals surface area (Å²) in [4.78, 5) is 38.4. The van der Waals surface area contributed by atoms with Crippen molar-refractivity contribution in [2.45, 2.75) is 335 Å². The molecule has 0 saturated carbocycles. The molecule has 1 unspecified atom stereocenters. The molecule has 75 heavy (non-hydrogen) atoms. The van der Waals surface area contributed by atoms with Gasteiger partial charge in [-0.05, 0) is 89.9 Å². The molecule has 0 spiro atoms. The predicted molar refractivity (Wildman–Crippen MR) is 325 cm³/mol. The van der Waals surface area contributed by atoms with E-state index >= 15 is 0 Å². The van der Waals surface area contributed by atoms with Crippen LogP contribution < -0.4 is 0 Å². The van der Waals surface area contributed by atoms with Crippen molar-refractivity contribution in [3.8, 4) is 0 Å². The summed E-state index contributed by atoms with van der Waals surface area (Å²) in [6, 6.07) is 0. The Hall–Kier alpha value is -3.15. The third-order valence-electron chi connectivity index (χ3n) is 14.2. The van der Waals surface area contributed by atoms with Gasteiger partial charge in [-0.25, -0.2) is 0 Å². The lowest BCUT2D eigenvalue weighted by Gasteiger charge is -2.18. The molecular formula is C69H122O6. The molecule has 0 saturated heterocycles. The molecule has 0 bridgehead atoms. The fraction of sp³-hybridized carbons (Fsp3) is 0.783. The fourth-order valence-electron chi connectivity index (χ4n) is 9.35. The molecule has 6 heteroatoms. The second-order valence-corrected chi connectivity index (χ2v) is 21.6. The van der Waals surface area contributed by atoms with E-state index in [9.17, 15) is 14.4 Å². The zero-order valence-electron chi connectivity index (χ0n) is 49.8. The average molecular weight is 1050 g/mol. The number of hydrogen-bond donors (Lipinski definition) is 0. The summed E-state index contributed by atoms with van der Waals surface area (Å²) in [6.07, 6.45) is 81.9. The number of allylic oxidation sites excluding steroid dienone is 12. The van der Waals surface area contributed by atoms with E-state index in [-0.39, 0.29) is 31.1 Å². The van der Waals surface area contributed by atoms with E-state index in [0.717, 1.165) is 96.3 Å². The van der Waals surface area contributed by atoms with Gasteiger partial charge in [0, 0.05) is 19.3 Å². The van der Waals surface area contributed by atoms with Crippen LogP contribution in [0.4, 0.5) is 0 Å². The quantitative estimate of drug-likeness (QED) is 0.0261. The first-order valence-corrected chi connectivity index (χ1v) is 32.4. The van der Waals surface area contributed by atoms with E-state index < -0.39 is 6.10 Å². The normalized spacial score (nSPS) is 12.5. The molecule has 0 aliphatic carbocycles. The summed E-state index contributed by atoms with van der Waals surface area (Å²) in [5.41, 5.74) is 0. The largest absolute Gasteiger partial charge is 0.462 e. The summed E-state index contributed by atoms with van der Waals surface area (Å²) in [6.45, 7) is 6.54. The van der Waals surface area contributed by atoms with Crippen molar-refractivity contribution in [2.24, 2.45) is 0 Å². The molecule has 6 nitrogen and oxygen atoms in total. The Morgan fingerprint density at radius 2 is 0.520 bits per heavy atom. The van der Waals surface area contributed by atoms with Gasteiger partial charge in [-0.2, -0.15) is 0 Å². The first-order valence-electron chi connectivity index (χ1n) is 32.4. The van der Waals surface area contributed by atoms with Crippen LogP contribution in [-0.4, -0.2) is 37.2 Å². The number of ether oxygens (including phenoxy) is 3. The summed E-state index contributed by atoms with van der Waals surface area (Å²) in [5.74, 6) is -0.879. The highest BCUT2D eigenvalue weighted by molar-refractivity contribution is 5.71. The van der Waals surface area contributed by atoms with E-state index in [0.29, 0.717) is 19.3 Å². The Morgan fingerprint density at radius 3 is 0.840 bits per heavy atom. The SMILES string of the molecule is CC/C=C\C/C=C\C/C=C\C/C=C\CCCCCCCCC(=O)OCC(COC(=O)CCCCCCCCCCCCCCCCCCCCC)OC(=O)CCCCCCCCCCC/C=C\C/C=C\CCCCC. The van der Waals surface area contributed by atoms with E-state index in [4.69, 9.17) is 14.2 Å². The Kier molecular flexibility index (Phi) is 60.7. The van der Waals surface area contributed by atoms with E-state index in [1.54, 1.807) is 0 Å². The first kappa shape index (κ1) is 71.8. The zero-order valence-corrected chi connectivity index (χ0v) is 49.8. The van der Waals surface area contributed by atoms with Crippen molar-refractivity contribution in [3.05, 3.63) is 72.9 Å². The molecule has 1 atom stereocenters. The molecule has 0 aliphatic heterocycles. The topological polar surface area (TPSA) is 78.9 Å². The third-order valence-corrected chi connectivity index (χ3v) is 14.2. The summed E-state index contributed by atoms with van der Waals surface area (Å²) < 4.78 is 17.0. The summed E-state index contributed by atoms with van der Waals surface area (Å²) in [7, 11) is 0. The summed E-state index contributed by atoms with van der Waals surface area (Å²) in [5, 5.41) is 0. The van der Waals surface area contributed by atoms with Crippen molar-refractivity contribution in [1.82, 2.24) is 0 Å². The minimum atomic E-state index is -0.784. The highest BCUT2D eigenvalue weighted by atomic mass is 16.6. The molecule has 0 N–H and O–H groups in total. The number of esters is 3. The minimum Gasteiger partial charge on any atom is -0.462 e. The van der Waals surface area contributed by atoms with Gasteiger partial charge in [-0.3, -0.25) is 14.4 Å². The number of hydrogen-bond acceptors (Lipinski definition) is 6. The maximum Gasteiger partial charge on any atom is 0.306 e. The van der Waals surface area contributed by atoms with Crippen LogP contribution in [-0.2, 0) is 28.6 Å². The molecule has 434 valence electrons. The van der Waals surface area contributed by atoms with Crippen LogP contribution in [0.25, 0.3) is 0 Å². The Bertz CT molecular complexity index is 1390. The smallest absolute Gasteiger partial charge is 0.306 e. The van der Waals surface area contributed by atoms with E-state index in [1.807, 2.05) is 0 Å². The monoisotopic (exact) mass is 1050 g/mol. The predicted octanol–water partition coefficient (Wildman–Crippen LogP) is 22.1. The maximum absolute atomic E-state index is 12.9. The lowest BCUT2D eigenvalue weighted by molar-refractivity contribution is -0.167. The highest BCUT2D eigenvalue weighted by Crippen LogP contribution is 2.17. The lowest BCUT2D eigenvalue weighted by atomic mass is 10.0. The molecule has 0 aromatic carbocycles. The number of rotatable bonds is 59. The molecule has 0 heterocycles. The third kappa shape index (κ3) is 61.6. The Morgan fingerprint density at radius 1 is 0.280 bits per heavy atom. The molecule has 0 radical (unpaired) electrons. The number of carbonyl (C=O) groups is 3. The van der Waals surface area contributed by atoms with Crippen LogP contribution in [0.3, 0.4) is 0 Å². The van der Waals surface area contributed by atoms with Crippen molar-refractivity contribution in [1.29, 1.82) is 0 Å². The molecule has 0 aromatic rings. The van der Waals surface area contributed by atoms with Crippen molar-refractivity contribution in [2.75, 3.05) is 13.2 Å². The van der Waals surface area contributed by atoms with Gasteiger partial charge in [-0.1, -0.05) is 293 Å². The van der Waals surface area contributed by atoms with Gasteiger partial charge in [0.15, 0.2) is 6.10 Å². The second kappa shape index (κ2) is 63.4. The van der Waals surface area contributed by atoms with Crippen LogP contribution in [0.2, 0.25) is 0 Å². The Labute approximate surface area is 465 Å². The first-order chi connectivity index (χ1) is 37.0. The lowest BCUT2D eigenvalue weighted by Crippen LogP contribution is -2.30. The molecule has 0 fully saturated rings. The van der Waals surface area contributed by atoms with E-state index in [2.05, 4.69) is 93.7 Å². The number of carbonyl (C=O) groups excluding carboxylic acids is 3. The van der Waals surface area contributed by atoms with Gasteiger partial charge in [0.1, 0.15) is 13.2 Å². The van der Waals surface area contributed by atoms with Gasteiger partial charge in [0.05, 0.1) is 0 Å². The standard InChI is InChI=1S/C69H122O6/c1-4-7-10-13-16-19-22-25-28-31-34-37-40-43-46-49-52-55-58-61-67(70)73-64-66(75-69(72)63-60-57-54-51-48-45-42-39-36-33-30-27-24-21-18-15-12-9-6-3)65-74-68(71)62-59-56-53-50-47-44-41-38-35-32-29-26-23-20-17-14-11-8-5-2/h7,10,16,18-19,21,25,27-28,30,34,37,66H,4-6,8-9,11-15,17,20,22-24,26,29,31-33,35-36,38-65H2,1-3H3/b10-7-,19-16-,21-18-,28-25-,30-27-,37-34-. The molecule has 0 aromatic heterocycles. The Balaban J connectivity index is 4.38. The molecule has 0 aliphatic rings. The van der Waals surface area contributed by atoms with Gasteiger partial charge in [0.2, 0.25) is 0 Å². The maximum atomic E-state index is 12.9. The van der Waals surface area contributed by atoms with Crippen LogP contribution in [0.5, 0.6) is 0 Å². The highest BCUT2D eigenvalue weighted by Gasteiger charge is 2.19. The van der Waals surface area contributed by atoms with Crippen molar-refractivity contribution < 1.29 is 28.6 Å². The van der Waals surface area contributed by atoms with Gasteiger partial charge < -0.3 is 14.2 Å². The van der Waals surface area contributed by atoms with Crippen LogP contribution in [0, 0.1) is 0 Å². The fourth-order valence-corrected chi connectivity index (χ4v) is 9.35. The minimum absolute atomic E-state index is 0.0787. The van der Waals surface area contributed by atoms with Crippen molar-refractivity contribution >= 4 is 17.9 Å². The average Bonchev–Trinajstić information content (AvgIpc) is 3.41. The zero-order chi connectivity index (χ0) is 54.3. The number of unbranched alkanes of at least 4 members (excludes halogenated alkanes) is 36. The second-order valence-electron chi connectivity index (χ2n) is 21.6. The summed E-state index contributed by atoms with van der Waals surface area (Å²) >= 11 is 0. The van der Waals surface area contributed by atoms with Crippen LogP contribution in [0.1, 0.15) is 329 Å². The van der Waals surface area contributed by atoms with E-state index in [1.165, 1.54) is 193 Å². The van der Waals surface area contributed by atoms with Gasteiger partial charge >= 0.3 is 17.9 Å². The van der Waals surface area contributed by atoms with Crippen molar-refractivity contribution in [3.63, 3.8) is 0 Å². The van der Waals surface area contributed by atoms with Crippen LogP contribution in [0.15, 0.2) is 72.9 Å². The molecule has 0 rings (SSSR count). The molecular weight excluding hydrogens is 925 g/mol. The van der Waals surface area contributed by atoms with Crippen LogP contribution >= 0.6 is 0 Å². The van der Waals surface area contributed by atoms with Gasteiger partial charge in [-0.15, -0.1) is 0 Å². The molecule has 0 amide bonds. The van der Waals surface area contributed by atoms with Gasteiger partial charge in [0.25, 0.3) is 0 Å².